The molecular formula is C19H17ClN2O3. The first-order valence-corrected chi connectivity index (χ1v) is 8.19. The standard InChI is InChI=1S/C19H17ClN2O3/c1-9-6-10(2)16(21-8-9)18(23)17-15(11(3)19(24)25)13-5-4-12(20)7-14(13)22-17/h4-8,11,22H,1-3H3,(H,24,25). The second-order valence-electron chi connectivity index (χ2n) is 6.17. The number of nitrogens with zero attached hydrogens (tertiary/aromatic N) is 1. The fourth-order valence-corrected chi connectivity index (χ4v) is 3.19. The van der Waals surface area contributed by atoms with Gasteiger partial charge in [-0.15, -0.1) is 0 Å². The first-order chi connectivity index (χ1) is 11.8. The predicted octanol–water partition coefficient (Wildman–Crippen LogP) is 4.25. The van der Waals surface area contributed by atoms with E-state index in [4.69, 9.17) is 11.6 Å². The van der Waals surface area contributed by atoms with E-state index >= 15 is 0 Å². The van der Waals surface area contributed by atoms with E-state index in [9.17, 15) is 14.7 Å². The number of carboxylic acid groups (broad SMARTS) is 1. The Morgan fingerprint density at radius 3 is 2.60 bits per heavy atom. The number of fused-ring (bicyclic) bond motifs is 1. The lowest BCUT2D eigenvalue weighted by Gasteiger charge is -2.10. The number of hydrogen-bond acceptors (Lipinski definition) is 3. The lowest BCUT2D eigenvalue weighted by molar-refractivity contribution is -0.138. The molecule has 3 rings (SSSR count). The molecule has 128 valence electrons. The smallest absolute Gasteiger partial charge is 0.310 e. The van der Waals surface area contributed by atoms with Crippen molar-refractivity contribution in [3.63, 3.8) is 0 Å². The van der Waals surface area contributed by atoms with Crippen molar-refractivity contribution in [1.82, 2.24) is 9.97 Å². The fraction of sp³-hybridized carbons (Fsp3) is 0.211. The number of benzene rings is 1. The van der Waals surface area contributed by atoms with Gasteiger partial charge in [-0.3, -0.25) is 14.6 Å². The zero-order valence-corrected chi connectivity index (χ0v) is 14.8. The number of nitrogens with one attached hydrogen (secondary N) is 1. The molecule has 0 saturated carbocycles. The summed E-state index contributed by atoms with van der Waals surface area (Å²) in [5.41, 5.74) is 3.33. The number of hydrogen-bond donors (Lipinski definition) is 2. The van der Waals surface area contributed by atoms with Crippen LogP contribution in [0.1, 0.15) is 45.7 Å². The number of H-pyrrole nitrogens is 1. The number of carbonyl (C=O) groups is 2. The van der Waals surface area contributed by atoms with Crippen LogP contribution in [0.3, 0.4) is 0 Å². The van der Waals surface area contributed by atoms with Crippen molar-refractivity contribution in [2.45, 2.75) is 26.7 Å². The highest BCUT2D eigenvalue weighted by Gasteiger charge is 2.28. The maximum Gasteiger partial charge on any atom is 0.310 e. The van der Waals surface area contributed by atoms with Gasteiger partial charge in [0.05, 0.1) is 11.6 Å². The topological polar surface area (TPSA) is 83.0 Å². The van der Waals surface area contributed by atoms with Gasteiger partial charge in [-0.1, -0.05) is 23.7 Å². The minimum atomic E-state index is -1.00. The van der Waals surface area contributed by atoms with Gasteiger partial charge in [-0.2, -0.15) is 0 Å². The number of carbonyl (C=O) groups excluding carboxylic acids is 1. The molecule has 0 aliphatic rings. The van der Waals surface area contributed by atoms with Gasteiger partial charge in [0.1, 0.15) is 5.69 Å². The summed E-state index contributed by atoms with van der Waals surface area (Å²) in [6.07, 6.45) is 1.63. The van der Waals surface area contributed by atoms with Crippen LogP contribution in [0.25, 0.3) is 10.9 Å². The molecule has 0 spiro atoms. The Morgan fingerprint density at radius 1 is 1.24 bits per heavy atom. The van der Waals surface area contributed by atoms with Crippen LogP contribution in [0.15, 0.2) is 30.5 Å². The zero-order chi connectivity index (χ0) is 18.3. The second kappa shape index (κ2) is 6.33. The molecule has 0 aliphatic heterocycles. The Kier molecular flexibility index (Phi) is 4.35. The van der Waals surface area contributed by atoms with E-state index in [1.165, 1.54) is 0 Å². The summed E-state index contributed by atoms with van der Waals surface area (Å²) in [6.45, 7) is 5.27. The summed E-state index contributed by atoms with van der Waals surface area (Å²) in [4.78, 5) is 31.9. The number of aryl methyl sites for hydroxylation is 2. The van der Waals surface area contributed by atoms with E-state index in [1.54, 1.807) is 31.3 Å². The first-order valence-electron chi connectivity index (χ1n) is 7.81. The summed E-state index contributed by atoms with van der Waals surface area (Å²) in [7, 11) is 0. The molecule has 2 heterocycles. The Balaban J connectivity index is 2.25. The van der Waals surface area contributed by atoms with Crippen molar-refractivity contribution in [2.75, 3.05) is 0 Å². The van der Waals surface area contributed by atoms with Crippen LogP contribution < -0.4 is 0 Å². The normalized spacial score (nSPS) is 12.3. The van der Waals surface area contributed by atoms with Crippen LogP contribution in [-0.2, 0) is 4.79 Å². The van der Waals surface area contributed by atoms with E-state index in [0.29, 0.717) is 27.2 Å². The van der Waals surface area contributed by atoms with Crippen LogP contribution in [0, 0.1) is 13.8 Å². The van der Waals surface area contributed by atoms with Gasteiger partial charge < -0.3 is 10.1 Å². The van der Waals surface area contributed by atoms with E-state index in [2.05, 4.69) is 9.97 Å². The summed E-state index contributed by atoms with van der Waals surface area (Å²) in [5, 5.41) is 10.6. The Bertz CT molecular complexity index is 1010. The summed E-state index contributed by atoms with van der Waals surface area (Å²) in [5.74, 6) is -2.17. The molecule has 0 bridgehead atoms. The number of aliphatic carboxylic acids is 1. The van der Waals surface area contributed by atoms with Gasteiger partial charge in [0.15, 0.2) is 0 Å². The average molecular weight is 357 g/mol. The lowest BCUT2D eigenvalue weighted by Crippen LogP contribution is -2.14. The molecule has 0 fully saturated rings. The quantitative estimate of drug-likeness (QED) is 0.684. The molecule has 0 radical (unpaired) electrons. The van der Waals surface area contributed by atoms with Crippen LogP contribution in [0.2, 0.25) is 5.02 Å². The maximum absolute atomic E-state index is 13.1. The molecular weight excluding hydrogens is 340 g/mol. The van der Waals surface area contributed by atoms with Crippen molar-refractivity contribution >= 4 is 34.3 Å². The van der Waals surface area contributed by atoms with Gasteiger partial charge >= 0.3 is 5.97 Å². The fourth-order valence-electron chi connectivity index (χ4n) is 3.02. The Morgan fingerprint density at radius 2 is 1.96 bits per heavy atom. The van der Waals surface area contributed by atoms with Crippen molar-refractivity contribution in [2.24, 2.45) is 0 Å². The highest BCUT2D eigenvalue weighted by molar-refractivity contribution is 6.31. The average Bonchev–Trinajstić information content (AvgIpc) is 2.91. The molecule has 0 amide bonds. The van der Waals surface area contributed by atoms with Crippen molar-refractivity contribution in [3.8, 4) is 0 Å². The molecule has 1 unspecified atom stereocenters. The summed E-state index contributed by atoms with van der Waals surface area (Å²) < 4.78 is 0. The molecule has 0 saturated heterocycles. The van der Waals surface area contributed by atoms with Crippen LogP contribution >= 0.6 is 11.6 Å². The molecule has 1 aromatic carbocycles. The number of carboxylic acids is 1. The lowest BCUT2D eigenvalue weighted by atomic mass is 9.94. The predicted molar refractivity (Wildman–Crippen MR) is 96.5 cm³/mol. The van der Waals surface area contributed by atoms with Crippen molar-refractivity contribution in [1.29, 1.82) is 0 Å². The minimum absolute atomic E-state index is 0.242. The Hall–Kier alpha value is -2.66. The molecule has 25 heavy (non-hydrogen) atoms. The third-order valence-corrected chi connectivity index (χ3v) is 4.50. The second-order valence-corrected chi connectivity index (χ2v) is 6.61. The number of aromatic nitrogens is 2. The van der Waals surface area contributed by atoms with E-state index in [1.807, 2.05) is 19.9 Å². The molecule has 2 aromatic heterocycles. The van der Waals surface area contributed by atoms with Gasteiger partial charge in [0.2, 0.25) is 5.78 Å². The van der Waals surface area contributed by atoms with Crippen molar-refractivity contribution in [3.05, 3.63) is 63.6 Å². The number of rotatable bonds is 4. The van der Waals surface area contributed by atoms with Crippen molar-refractivity contribution < 1.29 is 14.7 Å². The monoisotopic (exact) mass is 356 g/mol. The third-order valence-electron chi connectivity index (χ3n) is 4.26. The number of halogens is 1. The number of ketones is 1. The third kappa shape index (κ3) is 3.03. The van der Waals surface area contributed by atoms with Gasteiger partial charge in [0, 0.05) is 27.7 Å². The van der Waals surface area contributed by atoms with Crippen LogP contribution in [-0.4, -0.2) is 26.8 Å². The summed E-state index contributed by atoms with van der Waals surface area (Å²) in [6, 6.07) is 6.97. The van der Waals surface area contributed by atoms with E-state index < -0.39 is 11.9 Å². The highest BCUT2D eigenvalue weighted by atomic mass is 35.5. The zero-order valence-electron chi connectivity index (χ0n) is 14.1. The summed E-state index contributed by atoms with van der Waals surface area (Å²) >= 11 is 6.03. The Labute approximate surface area is 149 Å². The maximum atomic E-state index is 13.1. The van der Waals surface area contributed by atoms with Crippen LogP contribution in [0.4, 0.5) is 0 Å². The molecule has 3 aromatic rings. The molecule has 1 atom stereocenters. The number of pyridine rings is 1. The minimum Gasteiger partial charge on any atom is -0.481 e. The van der Waals surface area contributed by atoms with E-state index in [0.717, 1.165) is 11.1 Å². The number of aromatic amines is 1. The molecule has 6 heteroatoms. The molecule has 5 nitrogen and oxygen atoms in total. The van der Waals surface area contributed by atoms with Gasteiger partial charge in [-0.25, -0.2) is 0 Å². The van der Waals surface area contributed by atoms with Crippen LogP contribution in [0.5, 0.6) is 0 Å². The molecule has 0 aliphatic carbocycles. The van der Waals surface area contributed by atoms with E-state index in [-0.39, 0.29) is 11.5 Å². The van der Waals surface area contributed by atoms with Gasteiger partial charge in [-0.05, 0) is 44.0 Å². The highest BCUT2D eigenvalue weighted by Crippen LogP contribution is 2.32. The SMILES string of the molecule is Cc1cnc(C(=O)c2[nH]c3cc(Cl)ccc3c2C(C)C(=O)O)c(C)c1. The largest absolute Gasteiger partial charge is 0.481 e. The molecule has 2 N–H and O–H groups in total. The van der Waals surface area contributed by atoms with Gasteiger partial charge in [0.25, 0.3) is 0 Å². The first kappa shape index (κ1) is 17.2.